The fourth-order valence-corrected chi connectivity index (χ4v) is 5.04. The highest BCUT2D eigenvalue weighted by Crippen LogP contribution is 2.41. The Kier molecular flexibility index (Phi) is 4.93. The van der Waals surface area contributed by atoms with Gasteiger partial charge >= 0.3 is 0 Å². The number of fused-ring (bicyclic) bond motifs is 1. The van der Waals surface area contributed by atoms with E-state index in [9.17, 15) is 9.59 Å². The van der Waals surface area contributed by atoms with Gasteiger partial charge in [0.2, 0.25) is 5.91 Å². The zero-order valence-corrected chi connectivity index (χ0v) is 15.7. The smallest absolute Gasteiger partial charge is 0.254 e. The highest BCUT2D eigenvalue weighted by molar-refractivity contribution is 6.30. The van der Waals surface area contributed by atoms with Crippen molar-refractivity contribution in [1.82, 2.24) is 9.80 Å². The summed E-state index contributed by atoms with van der Waals surface area (Å²) < 4.78 is 0. The van der Waals surface area contributed by atoms with Crippen molar-refractivity contribution in [2.24, 2.45) is 11.7 Å². The lowest BCUT2D eigenvalue weighted by molar-refractivity contribution is -0.134. The molecule has 0 aromatic heterocycles. The second-order valence-corrected chi connectivity index (χ2v) is 8.35. The van der Waals surface area contributed by atoms with Crippen molar-refractivity contribution >= 4 is 23.4 Å². The molecule has 1 aliphatic carbocycles. The van der Waals surface area contributed by atoms with Gasteiger partial charge in [-0.1, -0.05) is 24.4 Å². The van der Waals surface area contributed by atoms with E-state index < -0.39 is 0 Å². The van der Waals surface area contributed by atoms with Gasteiger partial charge in [0.1, 0.15) is 6.04 Å². The number of rotatable bonds is 2. The van der Waals surface area contributed by atoms with Crippen molar-refractivity contribution in [3.63, 3.8) is 0 Å². The molecule has 140 valence electrons. The molecule has 2 amide bonds. The molecular formula is C20H26ClN3O2. The van der Waals surface area contributed by atoms with Gasteiger partial charge in [-0.3, -0.25) is 9.59 Å². The normalized spacial score (nSPS) is 31.2. The van der Waals surface area contributed by atoms with Crippen LogP contribution in [0.5, 0.6) is 0 Å². The fourth-order valence-electron chi connectivity index (χ4n) is 4.91. The van der Waals surface area contributed by atoms with E-state index in [4.69, 9.17) is 17.3 Å². The van der Waals surface area contributed by atoms with Crippen LogP contribution in [-0.2, 0) is 4.79 Å². The Balaban J connectivity index is 1.61. The molecular weight excluding hydrogens is 350 g/mol. The molecule has 1 aromatic carbocycles. The summed E-state index contributed by atoms with van der Waals surface area (Å²) in [4.78, 5) is 30.2. The van der Waals surface area contributed by atoms with Gasteiger partial charge in [0.05, 0.1) is 0 Å². The first-order valence-electron chi connectivity index (χ1n) is 9.67. The summed E-state index contributed by atoms with van der Waals surface area (Å²) in [6.07, 6.45) is 6.05. The van der Waals surface area contributed by atoms with Crippen molar-refractivity contribution in [2.75, 3.05) is 13.1 Å². The molecule has 4 atom stereocenters. The lowest BCUT2D eigenvalue weighted by atomic mass is 9.84. The monoisotopic (exact) mass is 375 g/mol. The van der Waals surface area contributed by atoms with Crippen molar-refractivity contribution in [1.29, 1.82) is 0 Å². The van der Waals surface area contributed by atoms with Crippen molar-refractivity contribution in [3.05, 3.63) is 34.9 Å². The zero-order chi connectivity index (χ0) is 18.3. The number of halogens is 1. The van der Waals surface area contributed by atoms with Crippen LogP contribution in [-0.4, -0.2) is 52.8 Å². The van der Waals surface area contributed by atoms with Crippen LogP contribution < -0.4 is 5.73 Å². The maximum Gasteiger partial charge on any atom is 0.254 e. The SMILES string of the molecule is N[C@@H]1CCN(C(=O)C2CC3CCCCC3N2C(=O)c2ccc(Cl)cc2)C1. The summed E-state index contributed by atoms with van der Waals surface area (Å²) in [5, 5.41) is 0.609. The number of amides is 2. The third-order valence-electron chi connectivity index (χ3n) is 6.24. The molecule has 2 saturated heterocycles. The van der Waals surface area contributed by atoms with Gasteiger partial charge in [-0.05, 0) is 55.9 Å². The Morgan fingerprint density at radius 3 is 2.50 bits per heavy atom. The Morgan fingerprint density at radius 1 is 1.08 bits per heavy atom. The van der Waals surface area contributed by atoms with E-state index in [0.29, 0.717) is 29.6 Å². The lowest BCUT2D eigenvalue weighted by Gasteiger charge is -2.34. The Hall–Kier alpha value is -1.59. The Labute approximate surface area is 159 Å². The number of likely N-dealkylation sites (tertiary alicyclic amines) is 2. The number of nitrogens with two attached hydrogens (primary N) is 1. The molecule has 26 heavy (non-hydrogen) atoms. The maximum absolute atomic E-state index is 13.3. The van der Waals surface area contributed by atoms with Gasteiger partial charge in [-0.25, -0.2) is 0 Å². The van der Waals surface area contributed by atoms with Crippen LogP contribution in [0.15, 0.2) is 24.3 Å². The van der Waals surface area contributed by atoms with Gasteiger partial charge in [-0.2, -0.15) is 0 Å². The molecule has 4 rings (SSSR count). The predicted octanol–water partition coefficient (Wildman–Crippen LogP) is 2.67. The molecule has 0 bridgehead atoms. The molecule has 3 aliphatic rings. The number of benzene rings is 1. The first kappa shape index (κ1) is 17.8. The number of hydrogen-bond acceptors (Lipinski definition) is 3. The van der Waals surface area contributed by atoms with Gasteiger partial charge in [0.25, 0.3) is 5.91 Å². The summed E-state index contributed by atoms with van der Waals surface area (Å²) in [7, 11) is 0. The molecule has 5 nitrogen and oxygen atoms in total. The van der Waals surface area contributed by atoms with Crippen LogP contribution in [0.3, 0.4) is 0 Å². The molecule has 1 saturated carbocycles. The molecule has 2 heterocycles. The van der Waals surface area contributed by atoms with Crippen molar-refractivity contribution in [3.8, 4) is 0 Å². The van der Waals surface area contributed by atoms with Gasteiger partial charge in [0.15, 0.2) is 0 Å². The standard InChI is InChI=1S/C20H26ClN3O2/c21-15-7-5-13(6-8-15)19(25)24-17-4-2-1-3-14(17)11-18(24)20(26)23-10-9-16(22)12-23/h5-8,14,16-18H,1-4,9-12,22H2/t14?,16-,17?,18?/m1/s1. The molecule has 2 N–H and O–H groups in total. The van der Waals surface area contributed by atoms with Crippen LogP contribution in [0.25, 0.3) is 0 Å². The van der Waals surface area contributed by atoms with Crippen LogP contribution in [0.2, 0.25) is 5.02 Å². The zero-order valence-electron chi connectivity index (χ0n) is 14.9. The highest BCUT2D eigenvalue weighted by Gasteiger charge is 2.49. The van der Waals surface area contributed by atoms with E-state index in [0.717, 1.165) is 32.1 Å². The van der Waals surface area contributed by atoms with Crippen molar-refractivity contribution < 1.29 is 9.59 Å². The molecule has 1 aromatic rings. The largest absolute Gasteiger partial charge is 0.339 e. The Bertz CT molecular complexity index is 693. The maximum atomic E-state index is 13.3. The van der Waals surface area contributed by atoms with Crippen LogP contribution >= 0.6 is 11.6 Å². The van der Waals surface area contributed by atoms with Crippen LogP contribution in [0.4, 0.5) is 0 Å². The molecule has 3 unspecified atom stereocenters. The van der Waals surface area contributed by atoms with E-state index >= 15 is 0 Å². The molecule has 0 spiro atoms. The quantitative estimate of drug-likeness (QED) is 0.864. The van der Waals surface area contributed by atoms with E-state index in [1.165, 1.54) is 6.42 Å². The number of carbonyl (C=O) groups excluding carboxylic acids is 2. The highest BCUT2D eigenvalue weighted by atomic mass is 35.5. The second kappa shape index (κ2) is 7.20. The molecule has 0 radical (unpaired) electrons. The number of carbonyl (C=O) groups is 2. The summed E-state index contributed by atoms with van der Waals surface area (Å²) >= 11 is 5.97. The van der Waals surface area contributed by atoms with E-state index in [1.54, 1.807) is 24.3 Å². The second-order valence-electron chi connectivity index (χ2n) is 7.92. The average Bonchev–Trinajstić information content (AvgIpc) is 3.25. The minimum absolute atomic E-state index is 0.0436. The summed E-state index contributed by atoms with van der Waals surface area (Å²) in [6, 6.07) is 6.87. The molecule has 6 heteroatoms. The topological polar surface area (TPSA) is 66.6 Å². The first-order chi connectivity index (χ1) is 12.5. The molecule has 2 aliphatic heterocycles. The number of hydrogen-bond donors (Lipinski definition) is 1. The number of nitrogens with zero attached hydrogens (tertiary/aromatic N) is 2. The summed E-state index contributed by atoms with van der Waals surface area (Å²) in [6.45, 7) is 1.31. The average molecular weight is 376 g/mol. The van der Waals surface area contributed by atoms with E-state index in [-0.39, 0.29) is 29.9 Å². The minimum Gasteiger partial charge on any atom is -0.339 e. The van der Waals surface area contributed by atoms with Crippen LogP contribution in [0.1, 0.15) is 48.9 Å². The first-order valence-corrected chi connectivity index (χ1v) is 10.0. The van der Waals surface area contributed by atoms with Gasteiger partial charge < -0.3 is 15.5 Å². The van der Waals surface area contributed by atoms with Gasteiger partial charge in [0, 0.05) is 35.8 Å². The van der Waals surface area contributed by atoms with E-state index in [2.05, 4.69) is 0 Å². The third kappa shape index (κ3) is 3.23. The summed E-state index contributed by atoms with van der Waals surface area (Å²) in [5.74, 6) is 0.470. The lowest BCUT2D eigenvalue weighted by Crippen LogP contribution is -2.50. The van der Waals surface area contributed by atoms with Crippen molar-refractivity contribution in [2.45, 2.75) is 56.7 Å². The minimum atomic E-state index is -0.350. The Morgan fingerprint density at radius 2 is 1.81 bits per heavy atom. The predicted molar refractivity (Wildman–Crippen MR) is 101 cm³/mol. The fraction of sp³-hybridized carbons (Fsp3) is 0.600. The third-order valence-corrected chi connectivity index (χ3v) is 6.49. The molecule has 3 fully saturated rings. The van der Waals surface area contributed by atoms with Gasteiger partial charge in [-0.15, -0.1) is 0 Å². The summed E-state index contributed by atoms with van der Waals surface area (Å²) in [5.41, 5.74) is 6.60. The van der Waals surface area contributed by atoms with E-state index in [1.807, 2.05) is 9.80 Å². The van der Waals surface area contributed by atoms with Crippen LogP contribution in [0, 0.1) is 5.92 Å².